The van der Waals surface area contributed by atoms with Crippen molar-refractivity contribution in [3.05, 3.63) is 29.8 Å². The van der Waals surface area contributed by atoms with Crippen LogP contribution < -0.4 is 0 Å². The first-order valence-corrected chi connectivity index (χ1v) is 6.11. The van der Waals surface area contributed by atoms with Gasteiger partial charge in [-0.3, -0.25) is 4.79 Å². The predicted molar refractivity (Wildman–Crippen MR) is 70.2 cm³/mol. The van der Waals surface area contributed by atoms with Crippen LogP contribution in [0.5, 0.6) is 0 Å². The molecule has 0 fully saturated rings. The quantitative estimate of drug-likeness (QED) is 0.797. The minimum atomic E-state index is 0.102. The molecular weight excluding hydrogens is 218 g/mol. The molecule has 1 aromatic rings. The smallest absolute Gasteiger partial charge is 0.254 e. The number of nitrogens with zero attached hydrogens (tertiary/aromatic N) is 1. The summed E-state index contributed by atoms with van der Waals surface area (Å²) in [6, 6.07) is 7.59. The van der Waals surface area contributed by atoms with E-state index in [-0.39, 0.29) is 11.9 Å². The third-order valence-corrected chi connectivity index (χ3v) is 2.76. The summed E-state index contributed by atoms with van der Waals surface area (Å²) in [5.74, 6) is 0.102. The second-order valence-electron chi connectivity index (χ2n) is 4.14. The molecule has 0 aromatic heterocycles. The van der Waals surface area contributed by atoms with Gasteiger partial charge in [0.2, 0.25) is 0 Å². The summed E-state index contributed by atoms with van der Waals surface area (Å²) in [5, 5.41) is 0. The number of hydrogen-bond acceptors (Lipinski definition) is 2. The van der Waals surface area contributed by atoms with E-state index in [4.69, 9.17) is 0 Å². The molecule has 3 heteroatoms. The maximum absolute atomic E-state index is 12.2. The Bertz CT molecular complexity index is 345. The highest BCUT2D eigenvalue weighted by atomic mass is 32.1. The van der Waals surface area contributed by atoms with Crippen molar-refractivity contribution in [3.63, 3.8) is 0 Å². The highest BCUT2D eigenvalue weighted by Crippen LogP contribution is 2.12. The summed E-state index contributed by atoms with van der Waals surface area (Å²) < 4.78 is 0. The van der Waals surface area contributed by atoms with Crippen LogP contribution in [-0.4, -0.2) is 23.4 Å². The largest absolute Gasteiger partial charge is 0.336 e. The van der Waals surface area contributed by atoms with Crippen molar-refractivity contribution in [1.29, 1.82) is 0 Å². The molecule has 0 saturated carbocycles. The molecule has 0 spiro atoms. The fourth-order valence-electron chi connectivity index (χ4n) is 1.60. The van der Waals surface area contributed by atoms with Gasteiger partial charge in [0.05, 0.1) is 0 Å². The molecule has 1 aromatic carbocycles. The van der Waals surface area contributed by atoms with Crippen molar-refractivity contribution in [2.24, 2.45) is 0 Å². The first-order chi connectivity index (χ1) is 7.56. The van der Waals surface area contributed by atoms with Gasteiger partial charge >= 0.3 is 0 Å². The third-order valence-electron chi connectivity index (χ3n) is 2.46. The third kappa shape index (κ3) is 3.27. The summed E-state index contributed by atoms with van der Waals surface area (Å²) in [5.41, 5.74) is 0.736. The lowest BCUT2D eigenvalue weighted by atomic mass is 10.1. The minimum absolute atomic E-state index is 0.102. The molecule has 0 radical (unpaired) electrons. The maximum atomic E-state index is 12.2. The van der Waals surface area contributed by atoms with Gasteiger partial charge < -0.3 is 4.90 Å². The van der Waals surface area contributed by atoms with Crippen LogP contribution >= 0.6 is 12.6 Å². The van der Waals surface area contributed by atoms with Crippen molar-refractivity contribution < 1.29 is 4.79 Å². The molecule has 1 rings (SSSR count). The molecule has 0 unspecified atom stereocenters. The molecule has 1 amide bonds. The van der Waals surface area contributed by atoms with E-state index >= 15 is 0 Å². The number of carbonyl (C=O) groups is 1. The van der Waals surface area contributed by atoms with Crippen LogP contribution in [0.25, 0.3) is 0 Å². The number of thiol groups is 1. The summed E-state index contributed by atoms with van der Waals surface area (Å²) in [7, 11) is 0. The van der Waals surface area contributed by atoms with E-state index in [1.54, 1.807) is 0 Å². The van der Waals surface area contributed by atoms with Crippen molar-refractivity contribution in [3.8, 4) is 0 Å². The van der Waals surface area contributed by atoms with Crippen LogP contribution in [0.15, 0.2) is 29.2 Å². The van der Waals surface area contributed by atoms with E-state index in [2.05, 4.69) is 19.6 Å². The molecule has 0 aliphatic carbocycles. The van der Waals surface area contributed by atoms with Crippen molar-refractivity contribution in [2.75, 3.05) is 6.54 Å². The van der Waals surface area contributed by atoms with E-state index in [0.29, 0.717) is 0 Å². The number of amides is 1. The van der Waals surface area contributed by atoms with Gasteiger partial charge in [-0.25, -0.2) is 0 Å². The van der Waals surface area contributed by atoms with Gasteiger partial charge in [-0.05, 0) is 44.5 Å². The Balaban J connectivity index is 2.86. The standard InChI is InChI=1S/C13H19NOS/c1-4-9-14(10(2)3)13(15)11-5-7-12(16)8-6-11/h5-8,10,16H,4,9H2,1-3H3. The highest BCUT2D eigenvalue weighted by Gasteiger charge is 2.17. The van der Waals surface area contributed by atoms with Gasteiger partial charge in [-0.1, -0.05) is 6.92 Å². The van der Waals surface area contributed by atoms with Crippen LogP contribution in [0.2, 0.25) is 0 Å². The van der Waals surface area contributed by atoms with Gasteiger partial charge in [0.15, 0.2) is 0 Å². The van der Waals surface area contributed by atoms with Gasteiger partial charge in [-0.15, -0.1) is 12.6 Å². The SMILES string of the molecule is CCCN(C(=O)c1ccc(S)cc1)C(C)C. The fourth-order valence-corrected chi connectivity index (χ4v) is 1.75. The first-order valence-electron chi connectivity index (χ1n) is 5.66. The van der Waals surface area contributed by atoms with E-state index in [9.17, 15) is 4.79 Å². The van der Waals surface area contributed by atoms with E-state index in [1.807, 2.05) is 43.0 Å². The van der Waals surface area contributed by atoms with Crippen molar-refractivity contribution in [1.82, 2.24) is 4.90 Å². The molecule has 16 heavy (non-hydrogen) atoms. The maximum Gasteiger partial charge on any atom is 0.254 e. The number of carbonyl (C=O) groups excluding carboxylic acids is 1. The topological polar surface area (TPSA) is 20.3 Å². The molecular formula is C13H19NOS. The zero-order valence-electron chi connectivity index (χ0n) is 10.1. The zero-order chi connectivity index (χ0) is 12.1. The van der Waals surface area contributed by atoms with Crippen molar-refractivity contribution >= 4 is 18.5 Å². The lowest BCUT2D eigenvalue weighted by Crippen LogP contribution is -2.37. The normalized spacial score (nSPS) is 10.6. The number of rotatable bonds is 4. The minimum Gasteiger partial charge on any atom is -0.336 e. The Morgan fingerprint density at radius 1 is 1.31 bits per heavy atom. The predicted octanol–water partition coefficient (Wildman–Crippen LogP) is 3.24. The van der Waals surface area contributed by atoms with Crippen LogP contribution in [-0.2, 0) is 0 Å². The number of benzene rings is 1. The van der Waals surface area contributed by atoms with E-state index in [0.717, 1.165) is 23.4 Å². The molecule has 0 N–H and O–H groups in total. The highest BCUT2D eigenvalue weighted by molar-refractivity contribution is 7.80. The monoisotopic (exact) mass is 237 g/mol. The van der Waals surface area contributed by atoms with E-state index < -0.39 is 0 Å². The van der Waals surface area contributed by atoms with E-state index in [1.165, 1.54) is 0 Å². The summed E-state index contributed by atoms with van der Waals surface area (Å²) in [6.45, 7) is 6.97. The Hall–Kier alpha value is -0.960. The summed E-state index contributed by atoms with van der Waals surface area (Å²) in [6.07, 6.45) is 0.981. The van der Waals surface area contributed by atoms with Crippen LogP contribution in [0.3, 0.4) is 0 Å². The van der Waals surface area contributed by atoms with Gasteiger partial charge in [-0.2, -0.15) is 0 Å². The number of hydrogen-bond donors (Lipinski definition) is 1. The second-order valence-corrected chi connectivity index (χ2v) is 4.66. The average Bonchev–Trinajstić information content (AvgIpc) is 2.25. The lowest BCUT2D eigenvalue weighted by Gasteiger charge is -2.26. The van der Waals surface area contributed by atoms with Gasteiger partial charge in [0.25, 0.3) is 5.91 Å². The Kier molecular flexibility index (Phi) is 4.87. The van der Waals surface area contributed by atoms with Crippen LogP contribution in [0.1, 0.15) is 37.6 Å². The summed E-state index contributed by atoms with van der Waals surface area (Å²) in [4.78, 5) is 15.0. The molecule has 0 heterocycles. The molecule has 0 saturated heterocycles. The van der Waals surface area contributed by atoms with Crippen LogP contribution in [0.4, 0.5) is 0 Å². The molecule has 0 bridgehead atoms. The van der Waals surface area contributed by atoms with Crippen LogP contribution in [0, 0.1) is 0 Å². The Morgan fingerprint density at radius 3 is 2.31 bits per heavy atom. The second kappa shape index (κ2) is 5.94. The van der Waals surface area contributed by atoms with Gasteiger partial charge in [0, 0.05) is 23.0 Å². The molecule has 0 aliphatic heterocycles. The molecule has 0 aliphatic rings. The van der Waals surface area contributed by atoms with Crippen molar-refractivity contribution in [2.45, 2.75) is 38.1 Å². The Labute approximate surface area is 103 Å². The average molecular weight is 237 g/mol. The molecule has 88 valence electrons. The fraction of sp³-hybridized carbons (Fsp3) is 0.462. The lowest BCUT2D eigenvalue weighted by molar-refractivity contribution is 0.0706. The molecule has 2 nitrogen and oxygen atoms in total. The zero-order valence-corrected chi connectivity index (χ0v) is 11.0. The molecule has 0 atom stereocenters. The summed E-state index contributed by atoms with van der Waals surface area (Å²) >= 11 is 4.21. The first kappa shape index (κ1) is 13.1. The Morgan fingerprint density at radius 2 is 1.88 bits per heavy atom. The van der Waals surface area contributed by atoms with Gasteiger partial charge in [0.1, 0.15) is 0 Å².